The van der Waals surface area contributed by atoms with E-state index in [1.165, 1.54) is 6.07 Å². The number of phenolic OH excluding ortho intramolecular Hbond substituents is 1. The topological polar surface area (TPSA) is 63.4 Å². The first kappa shape index (κ1) is 11.5. The Morgan fingerprint density at radius 3 is 2.53 bits per heavy atom. The van der Waals surface area contributed by atoms with Crippen molar-refractivity contribution >= 4 is 5.69 Å². The van der Waals surface area contributed by atoms with Crippen LogP contribution in [0, 0.1) is 10.1 Å². The molecule has 1 rings (SSSR count). The van der Waals surface area contributed by atoms with Crippen LogP contribution in [0.2, 0.25) is 0 Å². The van der Waals surface area contributed by atoms with Gasteiger partial charge < -0.3 is 5.11 Å². The highest BCUT2D eigenvalue weighted by atomic mass is 16.6. The van der Waals surface area contributed by atoms with Gasteiger partial charge in [0.15, 0.2) is 5.75 Å². The van der Waals surface area contributed by atoms with Crippen molar-refractivity contribution in [3.63, 3.8) is 0 Å². The molecule has 0 saturated heterocycles. The van der Waals surface area contributed by atoms with Crippen LogP contribution in [0.25, 0.3) is 0 Å². The van der Waals surface area contributed by atoms with E-state index in [9.17, 15) is 15.2 Å². The number of benzene rings is 1. The average molecular weight is 209 g/mol. The van der Waals surface area contributed by atoms with Gasteiger partial charge in [-0.1, -0.05) is 32.9 Å². The Hall–Kier alpha value is -1.58. The number of phenols is 1. The van der Waals surface area contributed by atoms with Gasteiger partial charge in [-0.15, -0.1) is 0 Å². The van der Waals surface area contributed by atoms with Crippen molar-refractivity contribution in [2.45, 2.75) is 32.6 Å². The number of hydrogen-bond donors (Lipinski definition) is 1. The second-order valence-corrected chi connectivity index (χ2v) is 4.17. The lowest BCUT2D eigenvalue weighted by molar-refractivity contribution is -0.387. The highest BCUT2D eigenvalue weighted by Gasteiger charge is 2.29. The molecule has 0 aromatic heterocycles. The number of nitrogens with zero attached hydrogens (tertiary/aromatic N) is 1. The summed E-state index contributed by atoms with van der Waals surface area (Å²) < 4.78 is 0. The van der Waals surface area contributed by atoms with Crippen molar-refractivity contribution in [3.8, 4) is 5.75 Å². The molecule has 0 aliphatic rings. The highest BCUT2D eigenvalue weighted by Crippen LogP contribution is 2.38. The Labute approximate surface area is 88.7 Å². The molecule has 0 spiro atoms. The third-order valence-corrected chi connectivity index (χ3v) is 2.81. The van der Waals surface area contributed by atoms with Crippen LogP contribution in [-0.4, -0.2) is 10.0 Å². The molecule has 0 aliphatic carbocycles. The van der Waals surface area contributed by atoms with Crippen LogP contribution in [0.3, 0.4) is 0 Å². The second-order valence-electron chi connectivity index (χ2n) is 4.17. The maximum Gasteiger partial charge on any atom is 0.314 e. The van der Waals surface area contributed by atoms with E-state index in [1.807, 2.05) is 20.8 Å². The van der Waals surface area contributed by atoms with E-state index < -0.39 is 4.92 Å². The minimum Gasteiger partial charge on any atom is -0.502 e. The summed E-state index contributed by atoms with van der Waals surface area (Å²) in [4.78, 5) is 10.3. The Kier molecular flexibility index (Phi) is 2.98. The molecule has 1 aromatic rings. The number of nitro groups is 1. The molecule has 1 N–H and O–H groups in total. The predicted molar refractivity (Wildman–Crippen MR) is 58.1 cm³/mol. The Morgan fingerprint density at radius 1 is 1.47 bits per heavy atom. The largest absolute Gasteiger partial charge is 0.502 e. The van der Waals surface area contributed by atoms with Gasteiger partial charge in [0.05, 0.1) is 4.92 Å². The molecule has 0 bridgehead atoms. The van der Waals surface area contributed by atoms with Crippen LogP contribution in [0.4, 0.5) is 5.69 Å². The molecule has 0 heterocycles. The Morgan fingerprint density at radius 2 is 2.07 bits per heavy atom. The van der Waals surface area contributed by atoms with Crippen LogP contribution in [-0.2, 0) is 5.41 Å². The number of para-hydroxylation sites is 1. The van der Waals surface area contributed by atoms with E-state index in [0.717, 1.165) is 6.42 Å². The summed E-state index contributed by atoms with van der Waals surface area (Å²) in [6, 6.07) is 4.67. The summed E-state index contributed by atoms with van der Waals surface area (Å²) in [5.74, 6) is -0.265. The van der Waals surface area contributed by atoms with Gasteiger partial charge in [-0.2, -0.15) is 0 Å². The SMILES string of the molecule is CCC(C)(C)c1cccc(O)c1[N+](=O)[O-]. The average Bonchev–Trinajstić information content (AvgIpc) is 2.16. The molecule has 1 aromatic carbocycles. The number of aromatic hydroxyl groups is 1. The first-order chi connectivity index (χ1) is 6.90. The normalized spacial score (nSPS) is 11.4. The minimum absolute atomic E-state index is 0.177. The minimum atomic E-state index is -0.526. The lowest BCUT2D eigenvalue weighted by atomic mass is 9.81. The molecule has 0 saturated carbocycles. The molecule has 0 amide bonds. The van der Waals surface area contributed by atoms with Gasteiger partial charge in [-0.25, -0.2) is 0 Å². The van der Waals surface area contributed by atoms with Gasteiger partial charge in [0.25, 0.3) is 0 Å². The monoisotopic (exact) mass is 209 g/mol. The van der Waals surface area contributed by atoms with E-state index in [4.69, 9.17) is 0 Å². The van der Waals surface area contributed by atoms with E-state index >= 15 is 0 Å². The first-order valence-electron chi connectivity index (χ1n) is 4.87. The van der Waals surface area contributed by atoms with Crippen LogP contribution in [0.5, 0.6) is 5.75 Å². The first-order valence-corrected chi connectivity index (χ1v) is 4.87. The van der Waals surface area contributed by atoms with Crippen LogP contribution in [0.15, 0.2) is 18.2 Å². The lowest BCUT2D eigenvalue weighted by Gasteiger charge is -2.22. The Balaban J connectivity index is 3.42. The molecule has 0 aliphatic heterocycles. The fraction of sp³-hybridized carbons (Fsp3) is 0.455. The number of rotatable bonds is 3. The van der Waals surface area contributed by atoms with Gasteiger partial charge in [-0.3, -0.25) is 10.1 Å². The molecule has 15 heavy (non-hydrogen) atoms. The third-order valence-electron chi connectivity index (χ3n) is 2.81. The van der Waals surface area contributed by atoms with Crippen molar-refractivity contribution in [3.05, 3.63) is 33.9 Å². The number of hydrogen-bond acceptors (Lipinski definition) is 3. The fourth-order valence-corrected chi connectivity index (χ4v) is 1.46. The maximum atomic E-state index is 10.9. The van der Waals surface area contributed by atoms with Crippen molar-refractivity contribution in [2.75, 3.05) is 0 Å². The summed E-state index contributed by atoms with van der Waals surface area (Å²) in [6.07, 6.45) is 0.775. The van der Waals surface area contributed by atoms with E-state index in [0.29, 0.717) is 5.56 Å². The van der Waals surface area contributed by atoms with Gasteiger partial charge in [-0.05, 0) is 17.9 Å². The molecular weight excluding hydrogens is 194 g/mol. The molecule has 0 radical (unpaired) electrons. The highest BCUT2D eigenvalue weighted by molar-refractivity contribution is 5.54. The zero-order valence-corrected chi connectivity index (χ0v) is 9.15. The molecule has 4 heteroatoms. The summed E-state index contributed by atoms with van der Waals surface area (Å²) in [6.45, 7) is 5.82. The van der Waals surface area contributed by atoms with Crippen molar-refractivity contribution < 1.29 is 10.0 Å². The van der Waals surface area contributed by atoms with E-state index in [2.05, 4.69) is 0 Å². The quantitative estimate of drug-likeness (QED) is 0.614. The van der Waals surface area contributed by atoms with Crippen LogP contribution >= 0.6 is 0 Å². The van der Waals surface area contributed by atoms with Gasteiger partial charge in [0.2, 0.25) is 0 Å². The van der Waals surface area contributed by atoms with Crippen molar-refractivity contribution in [1.29, 1.82) is 0 Å². The molecule has 0 fully saturated rings. The van der Waals surface area contributed by atoms with Gasteiger partial charge in [0.1, 0.15) is 0 Å². The summed E-state index contributed by atoms with van der Waals surface area (Å²) >= 11 is 0. The van der Waals surface area contributed by atoms with E-state index in [-0.39, 0.29) is 16.9 Å². The zero-order valence-electron chi connectivity index (χ0n) is 9.15. The molecule has 4 nitrogen and oxygen atoms in total. The predicted octanol–water partition coefficient (Wildman–Crippen LogP) is 2.99. The van der Waals surface area contributed by atoms with Crippen molar-refractivity contribution in [1.82, 2.24) is 0 Å². The second kappa shape index (κ2) is 3.88. The summed E-state index contributed by atoms with van der Waals surface area (Å²) in [5.41, 5.74) is 0.0978. The van der Waals surface area contributed by atoms with Gasteiger partial charge in [0, 0.05) is 5.56 Å². The molecule has 82 valence electrons. The fourth-order valence-electron chi connectivity index (χ4n) is 1.46. The molecular formula is C11H15NO3. The smallest absolute Gasteiger partial charge is 0.314 e. The molecule has 0 unspecified atom stereocenters. The Bertz CT molecular complexity index is 385. The zero-order chi connectivity index (χ0) is 11.6. The summed E-state index contributed by atoms with van der Waals surface area (Å²) in [5, 5.41) is 20.3. The molecule has 0 atom stereocenters. The van der Waals surface area contributed by atoms with Crippen LogP contribution < -0.4 is 0 Å². The van der Waals surface area contributed by atoms with Crippen LogP contribution in [0.1, 0.15) is 32.8 Å². The number of nitro benzene ring substituents is 1. The van der Waals surface area contributed by atoms with Gasteiger partial charge >= 0.3 is 5.69 Å². The third kappa shape index (κ3) is 2.09. The van der Waals surface area contributed by atoms with Crippen molar-refractivity contribution in [2.24, 2.45) is 0 Å². The maximum absolute atomic E-state index is 10.9. The van der Waals surface area contributed by atoms with E-state index in [1.54, 1.807) is 12.1 Å². The standard InChI is InChI=1S/C11H15NO3/c1-4-11(2,3)8-6-5-7-9(13)10(8)12(14)15/h5-7,13H,4H2,1-3H3. The lowest BCUT2D eigenvalue weighted by Crippen LogP contribution is -2.17. The summed E-state index contributed by atoms with van der Waals surface area (Å²) in [7, 11) is 0.